The molecule has 2 aromatic carbocycles. The average Bonchev–Trinajstić information content (AvgIpc) is 2.39. The van der Waals surface area contributed by atoms with E-state index in [9.17, 15) is 4.79 Å². The van der Waals surface area contributed by atoms with Crippen LogP contribution < -0.4 is 4.74 Å². The third kappa shape index (κ3) is 3.22. The van der Waals surface area contributed by atoms with Gasteiger partial charge in [-0.25, -0.2) is 0 Å². The van der Waals surface area contributed by atoms with Crippen molar-refractivity contribution in [2.24, 2.45) is 5.92 Å². The summed E-state index contributed by atoms with van der Waals surface area (Å²) in [5.74, 6) is 0.275. The molecule has 0 bridgehead atoms. The van der Waals surface area contributed by atoms with Crippen LogP contribution in [0.3, 0.4) is 0 Å². The number of benzene rings is 2. The summed E-state index contributed by atoms with van der Waals surface area (Å²) in [5, 5.41) is 0. The van der Waals surface area contributed by atoms with Gasteiger partial charge in [-0.3, -0.25) is 4.79 Å². The molecule has 0 radical (unpaired) electrons. The van der Waals surface area contributed by atoms with E-state index in [0.29, 0.717) is 5.75 Å². The molecule has 0 atom stereocenters. The van der Waals surface area contributed by atoms with Crippen LogP contribution in [0.15, 0.2) is 48.5 Å². The molecule has 0 saturated heterocycles. The number of hydrogen-bond acceptors (Lipinski definition) is 2. The SMILES string of the molecule is Cc1cccc(-c2ccccc2OC(=O)C(C)C)c1. The van der Waals surface area contributed by atoms with Crippen LogP contribution >= 0.6 is 0 Å². The Morgan fingerprint density at radius 3 is 2.47 bits per heavy atom. The van der Waals surface area contributed by atoms with Crippen LogP contribution in [0.4, 0.5) is 0 Å². The fraction of sp³-hybridized carbons (Fsp3) is 0.235. The molecule has 2 heteroatoms. The maximum absolute atomic E-state index is 11.7. The molecule has 0 spiro atoms. The minimum absolute atomic E-state index is 0.134. The van der Waals surface area contributed by atoms with Crippen molar-refractivity contribution in [2.75, 3.05) is 0 Å². The summed E-state index contributed by atoms with van der Waals surface area (Å²) >= 11 is 0. The average molecular weight is 254 g/mol. The zero-order valence-electron chi connectivity index (χ0n) is 11.5. The summed E-state index contributed by atoms with van der Waals surface area (Å²) in [6, 6.07) is 15.8. The Labute approximate surface area is 114 Å². The highest BCUT2D eigenvalue weighted by atomic mass is 16.5. The van der Waals surface area contributed by atoms with Gasteiger partial charge in [0.15, 0.2) is 0 Å². The van der Waals surface area contributed by atoms with Crippen LogP contribution in [-0.2, 0) is 4.79 Å². The van der Waals surface area contributed by atoms with Crippen molar-refractivity contribution in [3.05, 3.63) is 54.1 Å². The molecule has 0 aromatic heterocycles. The normalized spacial score (nSPS) is 10.5. The predicted octanol–water partition coefficient (Wildman–Crippen LogP) is 4.22. The summed E-state index contributed by atoms with van der Waals surface area (Å²) in [5.41, 5.74) is 3.19. The zero-order valence-corrected chi connectivity index (χ0v) is 11.5. The minimum Gasteiger partial charge on any atom is -0.426 e. The topological polar surface area (TPSA) is 26.3 Å². The first-order chi connectivity index (χ1) is 9.08. The number of para-hydroxylation sites is 1. The Morgan fingerprint density at radius 1 is 1.05 bits per heavy atom. The first-order valence-corrected chi connectivity index (χ1v) is 6.45. The zero-order chi connectivity index (χ0) is 13.8. The summed E-state index contributed by atoms with van der Waals surface area (Å²) in [4.78, 5) is 11.7. The molecule has 2 aromatic rings. The van der Waals surface area contributed by atoms with Gasteiger partial charge in [-0.2, -0.15) is 0 Å². The van der Waals surface area contributed by atoms with Gasteiger partial charge in [-0.05, 0) is 18.6 Å². The van der Waals surface area contributed by atoms with E-state index in [1.165, 1.54) is 5.56 Å². The quantitative estimate of drug-likeness (QED) is 0.605. The lowest BCUT2D eigenvalue weighted by Crippen LogP contribution is -2.15. The Kier molecular flexibility index (Phi) is 4.00. The lowest BCUT2D eigenvalue weighted by Gasteiger charge is -2.12. The van der Waals surface area contributed by atoms with E-state index in [1.54, 1.807) is 0 Å². The summed E-state index contributed by atoms with van der Waals surface area (Å²) in [7, 11) is 0. The second kappa shape index (κ2) is 5.70. The Hall–Kier alpha value is -2.09. The molecule has 2 nitrogen and oxygen atoms in total. The van der Waals surface area contributed by atoms with E-state index >= 15 is 0 Å². The third-order valence-corrected chi connectivity index (χ3v) is 2.90. The molecule has 0 unspecified atom stereocenters. The van der Waals surface area contributed by atoms with Crippen LogP contribution in [0, 0.1) is 12.8 Å². The molecule has 2 rings (SSSR count). The van der Waals surface area contributed by atoms with Gasteiger partial charge in [-0.15, -0.1) is 0 Å². The molecular formula is C17H18O2. The van der Waals surface area contributed by atoms with Gasteiger partial charge in [0, 0.05) is 5.56 Å². The number of carbonyl (C=O) groups excluding carboxylic acids is 1. The lowest BCUT2D eigenvalue weighted by molar-refractivity contribution is -0.137. The highest BCUT2D eigenvalue weighted by molar-refractivity contribution is 5.79. The second-order valence-electron chi connectivity index (χ2n) is 4.94. The lowest BCUT2D eigenvalue weighted by atomic mass is 10.0. The first kappa shape index (κ1) is 13.3. The van der Waals surface area contributed by atoms with Crippen molar-refractivity contribution < 1.29 is 9.53 Å². The smallest absolute Gasteiger partial charge is 0.313 e. The van der Waals surface area contributed by atoms with Crippen molar-refractivity contribution in [3.8, 4) is 16.9 Å². The van der Waals surface area contributed by atoms with Gasteiger partial charge in [-0.1, -0.05) is 61.9 Å². The number of ether oxygens (including phenoxy) is 1. The minimum atomic E-state index is -0.208. The predicted molar refractivity (Wildman–Crippen MR) is 77.1 cm³/mol. The van der Waals surface area contributed by atoms with Gasteiger partial charge in [0.2, 0.25) is 0 Å². The van der Waals surface area contributed by atoms with Crippen LogP contribution in [0.1, 0.15) is 19.4 Å². The number of aryl methyl sites for hydroxylation is 1. The van der Waals surface area contributed by atoms with E-state index in [-0.39, 0.29) is 11.9 Å². The van der Waals surface area contributed by atoms with E-state index in [0.717, 1.165) is 11.1 Å². The molecular weight excluding hydrogens is 236 g/mol. The van der Waals surface area contributed by atoms with Gasteiger partial charge in [0.05, 0.1) is 5.92 Å². The fourth-order valence-electron chi connectivity index (χ4n) is 1.83. The van der Waals surface area contributed by atoms with E-state index in [1.807, 2.05) is 63.2 Å². The number of rotatable bonds is 3. The van der Waals surface area contributed by atoms with E-state index in [4.69, 9.17) is 4.74 Å². The molecule has 0 saturated carbocycles. The monoisotopic (exact) mass is 254 g/mol. The van der Waals surface area contributed by atoms with Crippen LogP contribution in [-0.4, -0.2) is 5.97 Å². The molecule has 19 heavy (non-hydrogen) atoms. The highest BCUT2D eigenvalue weighted by Gasteiger charge is 2.13. The summed E-state index contributed by atoms with van der Waals surface area (Å²) in [6.45, 7) is 5.71. The van der Waals surface area contributed by atoms with Crippen molar-refractivity contribution in [3.63, 3.8) is 0 Å². The molecule has 98 valence electrons. The van der Waals surface area contributed by atoms with Crippen LogP contribution in [0.25, 0.3) is 11.1 Å². The largest absolute Gasteiger partial charge is 0.426 e. The maximum Gasteiger partial charge on any atom is 0.313 e. The Morgan fingerprint density at radius 2 is 1.79 bits per heavy atom. The first-order valence-electron chi connectivity index (χ1n) is 6.45. The maximum atomic E-state index is 11.7. The number of hydrogen-bond donors (Lipinski definition) is 0. The van der Waals surface area contributed by atoms with E-state index in [2.05, 4.69) is 6.07 Å². The van der Waals surface area contributed by atoms with Gasteiger partial charge in [0.1, 0.15) is 5.75 Å². The fourth-order valence-corrected chi connectivity index (χ4v) is 1.83. The second-order valence-corrected chi connectivity index (χ2v) is 4.94. The van der Waals surface area contributed by atoms with Crippen molar-refractivity contribution >= 4 is 5.97 Å². The van der Waals surface area contributed by atoms with E-state index < -0.39 is 0 Å². The molecule has 0 heterocycles. The van der Waals surface area contributed by atoms with Gasteiger partial charge in [0.25, 0.3) is 0 Å². The molecule has 0 N–H and O–H groups in total. The molecule has 0 aliphatic carbocycles. The molecule has 0 aliphatic heterocycles. The van der Waals surface area contributed by atoms with Gasteiger partial charge < -0.3 is 4.74 Å². The van der Waals surface area contributed by atoms with Crippen LogP contribution in [0.2, 0.25) is 0 Å². The molecule has 0 fully saturated rings. The molecule has 0 aliphatic rings. The van der Waals surface area contributed by atoms with Crippen molar-refractivity contribution in [1.82, 2.24) is 0 Å². The Bertz CT molecular complexity index is 585. The van der Waals surface area contributed by atoms with Crippen LogP contribution in [0.5, 0.6) is 5.75 Å². The Balaban J connectivity index is 2.39. The number of carbonyl (C=O) groups is 1. The van der Waals surface area contributed by atoms with Gasteiger partial charge >= 0.3 is 5.97 Å². The number of esters is 1. The summed E-state index contributed by atoms with van der Waals surface area (Å²) in [6.07, 6.45) is 0. The van der Waals surface area contributed by atoms with Crippen molar-refractivity contribution in [1.29, 1.82) is 0 Å². The summed E-state index contributed by atoms with van der Waals surface area (Å²) < 4.78 is 5.46. The standard InChI is InChI=1S/C17H18O2/c1-12(2)17(18)19-16-10-5-4-9-15(16)14-8-6-7-13(3)11-14/h4-12H,1-3H3. The highest BCUT2D eigenvalue weighted by Crippen LogP contribution is 2.30. The molecule has 0 amide bonds. The third-order valence-electron chi connectivity index (χ3n) is 2.90. The van der Waals surface area contributed by atoms with Crippen molar-refractivity contribution in [2.45, 2.75) is 20.8 Å².